The number of benzene rings is 2. The average Bonchev–Trinajstić information content (AvgIpc) is 3.21. The van der Waals surface area contributed by atoms with Crippen molar-refractivity contribution < 1.29 is 9.53 Å². The van der Waals surface area contributed by atoms with Gasteiger partial charge < -0.3 is 14.6 Å². The molecule has 1 fully saturated rings. The Bertz CT molecular complexity index is 1110. The Morgan fingerprint density at radius 2 is 1.79 bits per heavy atom. The topological polar surface area (TPSA) is 55.6 Å². The molecule has 0 unspecified atom stereocenters. The minimum absolute atomic E-state index is 0.126. The predicted molar refractivity (Wildman–Crippen MR) is 119 cm³/mol. The normalized spacial score (nSPS) is 16.4. The van der Waals surface area contributed by atoms with Gasteiger partial charge in [-0.25, -0.2) is 4.99 Å². The molecule has 0 bridgehead atoms. The zero-order valence-electron chi connectivity index (χ0n) is 16.5. The Hall–Kier alpha value is -3.25. The Kier molecular flexibility index (Phi) is 5.27. The molecular formula is C23H21N3O2S. The highest BCUT2D eigenvalue weighted by molar-refractivity contribution is 8.18. The predicted octanol–water partition coefficient (Wildman–Crippen LogP) is 4.99. The lowest BCUT2D eigenvalue weighted by molar-refractivity contribution is -0.115. The van der Waals surface area contributed by atoms with E-state index in [1.54, 1.807) is 7.11 Å². The summed E-state index contributed by atoms with van der Waals surface area (Å²) in [6, 6.07) is 19.6. The fourth-order valence-corrected chi connectivity index (χ4v) is 4.14. The molecule has 1 aliphatic heterocycles. The number of nitrogens with one attached hydrogen (secondary N) is 1. The lowest BCUT2D eigenvalue weighted by Gasteiger charge is -2.10. The number of aromatic nitrogens is 1. The van der Waals surface area contributed by atoms with Gasteiger partial charge in [-0.1, -0.05) is 18.2 Å². The smallest absolute Gasteiger partial charge is 0.264 e. The minimum atomic E-state index is -0.126. The number of hydrogen-bond donors (Lipinski definition) is 1. The number of ether oxygens (including phenoxy) is 1. The zero-order valence-corrected chi connectivity index (χ0v) is 17.3. The van der Waals surface area contributed by atoms with Crippen molar-refractivity contribution in [2.75, 3.05) is 7.11 Å². The number of aryl methyl sites for hydroxylation is 1. The van der Waals surface area contributed by atoms with Crippen molar-refractivity contribution in [3.05, 3.63) is 82.5 Å². The Labute approximate surface area is 174 Å². The summed E-state index contributed by atoms with van der Waals surface area (Å²) in [6.07, 6.45) is 1.93. The van der Waals surface area contributed by atoms with Crippen LogP contribution in [0.25, 0.3) is 11.8 Å². The fourth-order valence-electron chi connectivity index (χ4n) is 3.30. The van der Waals surface area contributed by atoms with Crippen molar-refractivity contribution in [2.45, 2.75) is 13.8 Å². The molecule has 0 radical (unpaired) electrons. The van der Waals surface area contributed by atoms with E-state index in [4.69, 9.17) is 4.74 Å². The van der Waals surface area contributed by atoms with Crippen LogP contribution in [-0.2, 0) is 4.79 Å². The van der Waals surface area contributed by atoms with E-state index in [9.17, 15) is 4.79 Å². The van der Waals surface area contributed by atoms with Gasteiger partial charge >= 0.3 is 0 Å². The highest BCUT2D eigenvalue weighted by Crippen LogP contribution is 2.30. The Morgan fingerprint density at radius 3 is 2.48 bits per heavy atom. The molecule has 3 aromatic rings. The van der Waals surface area contributed by atoms with E-state index in [1.807, 2.05) is 60.7 Å². The monoisotopic (exact) mass is 403 g/mol. The molecule has 1 aromatic heterocycles. The van der Waals surface area contributed by atoms with Gasteiger partial charge in [0.15, 0.2) is 5.17 Å². The summed E-state index contributed by atoms with van der Waals surface area (Å²) in [5.41, 5.74) is 5.05. The number of amides is 1. The van der Waals surface area contributed by atoms with Gasteiger partial charge in [-0.05, 0) is 79.7 Å². The van der Waals surface area contributed by atoms with E-state index < -0.39 is 0 Å². The molecule has 29 heavy (non-hydrogen) atoms. The first kappa shape index (κ1) is 19.1. The molecule has 1 aliphatic rings. The molecule has 0 atom stereocenters. The van der Waals surface area contributed by atoms with Crippen LogP contribution in [0.15, 0.2) is 70.6 Å². The first-order valence-electron chi connectivity index (χ1n) is 9.23. The lowest BCUT2D eigenvalue weighted by Crippen LogP contribution is -2.19. The maximum Gasteiger partial charge on any atom is 0.264 e. The van der Waals surface area contributed by atoms with Gasteiger partial charge in [-0.3, -0.25) is 4.79 Å². The number of carbonyl (C=O) groups excluding carboxylic acids is 1. The number of para-hydroxylation sites is 1. The van der Waals surface area contributed by atoms with Crippen molar-refractivity contribution >= 4 is 34.6 Å². The van der Waals surface area contributed by atoms with Crippen LogP contribution in [0.5, 0.6) is 5.75 Å². The molecule has 0 spiro atoms. The second kappa shape index (κ2) is 8.01. The Balaban J connectivity index is 1.63. The summed E-state index contributed by atoms with van der Waals surface area (Å²) in [6.45, 7) is 4.11. The molecule has 5 nitrogen and oxygen atoms in total. The molecule has 1 amide bonds. The first-order chi connectivity index (χ1) is 14.0. The van der Waals surface area contributed by atoms with Crippen LogP contribution < -0.4 is 10.1 Å². The minimum Gasteiger partial charge on any atom is -0.497 e. The summed E-state index contributed by atoms with van der Waals surface area (Å²) < 4.78 is 7.42. The highest BCUT2D eigenvalue weighted by atomic mass is 32.2. The van der Waals surface area contributed by atoms with Gasteiger partial charge in [0.25, 0.3) is 5.91 Å². The third kappa shape index (κ3) is 3.98. The molecule has 2 aromatic carbocycles. The van der Waals surface area contributed by atoms with Crippen LogP contribution >= 0.6 is 11.8 Å². The van der Waals surface area contributed by atoms with Crippen LogP contribution in [0.1, 0.15) is 17.0 Å². The number of thioether (sulfide) groups is 1. The number of amidine groups is 1. The van der Waals surface area contributed by atoms with Crippen LogP contribution in [0, 0.1) is 13.8 Å². The molecule has 2 heterocycles. The summed E-state index contributed by atoms with van der Waals surface area (Å²) in [4.78, 5) is 17.6. The zero-order chi connectivity index (χ0) is 20.4. The number of carbonyl (C=O) groups is 1. The molecule has 4 rings (SSSR count). The second-order valence-electron chi connectivity index (χ2n) is 6.68. The standard InChI is InChI=1S/C23H21N3O2S/c1-15-13-17(16(2)26(15)19-9-11-20(28-3)12-10-19)14-21-22(27)25-23(29-21)24-18-7-5-4-6-8-18/h4-14H,1-3H3,(H,24,25,27)/b21-14+. The van der Waals surface area contributed by atoms with Crippen molar-refractivity contribution in [3.63, 3.8) is 0 Å². The lowest BCUT2D eigenvalue weighted by atomic mass is 10.2. The molecule has 1 N–H and O–H groups in total. The largest absolute Gasteiger partial charge is 0.497 e. The number of hydrogen-bond acceptors (Lipinski definition) is 4. The number of aliphatic imine (C=N–C) groups is 1. The van der Waals surface area contributed by atoms with Crippen LogP contribution in [0.2, 0.25) is 0 Å². The van der Waals surface area contributed by atoms with Crippen molar-refractivity contribution in [2.24, 2.45) is 4.99 Å². The van der Waals surface area contributed by atoms with E-state index in [0.29, 0.717) is 10.1 Å². The van der Waals surface area contributed by atoms with Crippen molar-refractivity contribution in [1.29, 1.82) is 0 Å². The van der Waals surface area contributed by atoms with E-state index >= 15 is 0 Å². The maximum absolute atomic E-state index is 12.4. The summed E-state index contributed by atoms with van der Waals surface area (Å²) in [7, 11) is 1.66. The van der Waals surface area contributed by atoms with E-state index in [2.05, 4.69) is 34.8 Å². The van der Waals surface area contributed by atoms with E-state index in [-0.39, 0.29) is 5.91 Å². The molecule has 0 saturated carbocycles. The van der Waals surface area contributed by atoms with Gasteiger partial charge in [0.05, 0.1) is 17.7 Å². The van der Waals surface area contributed by atoms with E-state index in [0.717, 1.165) is 34.1 Å². The molecule has 146 valence electrons. The maximum atomic E-state index is 12.4. The molecule has 0 aliphatic carbocycles. The van der Waals surface area contributed by atoms with Crippen LogP contribution in [-0.4, -0.2) is 22.8 Å². The summed E-state index contributed by atoms with van der Waals surface area (Å²) >= 11 is 1.36. The van der Waals surface area contributed by atoms with Crippen molar-refractivity contribution in [3.8, 4) is 11.4 Å². The molecule has 6 heteroatoms. The highest BCUT2D eigenvalue weighted by Gasteiger charge is 2.24. The quantitative estimate of drug-likeness (QED) is 0.624. The van der Waals surface area contributed by atoms with E-state index in [1.165, 1.54) is 11.8 Å². The third-order valence-corrected chi connectivity index (χ3v) is 5.64. The first-order valence-corrected chi connectivity index (χ1v) is 10.0. The van der Waals surface area contributed by atoms with Crippen LogP contribution in [0.4, 0.5) is 5.69 Å². The Morgan fingerprint density at radius 1 is 1.07 bits per heavy atom. The third-order valence-electron chi connectivity index (χ3n) is 4.73. The fraction of sp³-hybridized carbons (Fsp3) is 0.130. The SMILES string of the molecule is COc1ccc(-n2c(C)cc(/C=C3/SC(=Nc4ccccc4)NC3=O)c2C)cc1. The number of nitrogens with zero attached hydrogens (tertiary/aromatic N) is 2. The van der Waals surface area contributed by atoms with Crippen molar-refractivity contribution in [1.82, 2.24) is 9.88 Å². The van der Waals surface area contributed by atoms with Gasteiger partial charge in [0, 0.05) is 17.1 Å². The average molecular weight is 404 g/mol. The van der Waals surface area contributed by atoms with Gasteiger partial charge in [0.2, 0.25) is 0 Å². The van der Waals surface area contributed by atoms with Gasteiger partial charge in [-0.2, -0.15) is 0 Å². The summed E-state index contributed by atoms with van der Waals surface area (Å²) in [5, 5.41) is 3.44. The second-order valence-corrected chi connectivity index (χ2v) is 7.71. The molecular weight excluding hydrogens is 382 g/mol. The molecule has 1 saturated heterocycles. The van der Waals surface area contributed by atoms with Gasteiger partial charge in [-0.15, -0.1) is 0 Å². The van der Waals surface area contributed by atoms with Gasteiger partial charge in [0.1, 0.15) is 5.75 Å². The number of rotatable bonds is 4. The number of methoxy groups -OCH3 is 1. The van der Waals surface area contributed by atoms with Crippen LogP contribution in [0.3, 0.4) is 0 Å². The summed E-state index contributed by atoms with van der Waals surface area (Å²) in [5.74, 6) is 0.696.